The van der Waals surface area contributed by atoms with Gasteiger partial charge >= 0.3 is 0 Å². The molecule has 3 aromatic heterocycles. The van der Waals surface area contributed by atoms with Gasteiger partial charge in [0.1, 0.15) is 18.6 Å². The van der Waals surface area contributed by atoms with E-state index in [1.54, 1.807) is 6.20 Å². The van der Waals surface area contributed by atoms with Crippen LogP contribution in [0.3, 0.4) is 0 Å². The summed E-state index contributed by atoms with van der Waals surface area (Å²) in [5.41, 5.74) is 4.28. The van der Waals surface area contributed by atoms with Crippen LogP contribution in [0, 0.1) is 5.82 Å². The largest absolute Gasteiger partial charge is 0.385 e. The summed E-state index contributed by atoms with van der Waals surface area (Å²) in [5, 5.41) is 10.7. The van der Waals surface area contributed by atoms with Crippen molar-refractivity contribution in [2.24, 2.45) is 0 Å². The van der Waals surface area contributed by atoms with Crippen molar-refractivity contribution >= 4 is 11.0 Å². The quantitative estimate of drug-likeness (QED) is 0.748. The van der Waals surface area contributed by atoms with Gasteiger partial charge in [-0.1, -0.05) is 0 Å². The number of alkyl halides is 1. The first-order valence-corrected chi connectivity index (χ1v) is 9.62. The topological polar surface area (TPSA) is 67.1 Å². The molecule has 0 radical (unpaired) electrons. The van der Waals surface area contributed by atoms with Crippen molar-refractivity contribution < 1.29 is 13.9 Å². The number of pyridine rings is 1. The molecule has 5 heterocycles. The second-order valence-electron chi connectivity index (χ2n) is 7.49. The number of aliphatic hydroxyl groups is 1. The predicted molar refractivity (Wildman–Crippen MR) is 98.7 cm³/mol. The highest BCUT2D eigenvalue weighted by atomic mass is 19.1. The molecule has 0 spiro atoms. The van der Waals surface area contributed by atoms with Gasteiger partial charge in [-0.2, -0.15) is 0 Å². The SMILES string of the molecule is OC(Cn1c2c(c3nc(CF)ncc31)C1CCCN1CC2)c1ccc(F)cn1. The molecule has 3 aromatic rings. The molecule has 1 N–H and O–H groups in total. The summed E-state index contributed by atoms with van der Waals surface area (Å²) in [7, 11) is 0. The molecule has 0 saturated carbocycles. The fourth-order valence-corrected chi connectivity index (χ4v) is 4.65. The summed E-state index contributed by atoms with van der Waals surface area (Å²) in [4.78, 5) is 15.1. The Bertz CT molecular complexity index is 1020. The molecule has 2 atom stereocenters. The average Bonchev–Trinajstić information content (AvgIpc) is 3.31. The number of nitrogens with zero attached hydrogens (tertiary/aromatic N) is 5. The lowest BCUT2D eigenvalue weighted by atomic mass is 9.98. The number of hydrogen-bond acceptors (Lipinski definition) is 5. The first-order valence-electron chi connectivity index (χ1n) is 9.62. The van der Waals surface area contributed by atoms with Gasteiger partial charge in [0.05, 0.1) is 35.7 Å². The van der Waals surface area contributed by atoms with Crippen LogP contribution in [0.5, 0.6) is 0 Å². The second kappa shape index (κ2) is 6.86. The van der Waals surface area contributed by atoms with Crippen molar-refractivity contribution in [3.63, 3.8) is 0 Å². The van der Waals surface area contributed by atoms with E-state index in [2.05, 4.69) is 19.9 Å². The summed E-state index contributed by atoms with van der Waals surface area (Å²) < 4.78 is 28.4. The Morgan fingerprint density at radius 3 is 2.89 bits per heavy atom. The van der Waals surface area contributed by atoms with Crippen LogP contribution >= 0.6 is 0 Å². The van der Waals surface area contributed by atoms with Crippen molar-refractivity contribution in [1.29, 1.82) is 0 Å². The second-order valence-corrected chi connectivity index (χ2v) is 7.49. The third-order valence-corrected chi connectivity index (χ3v) is 5.90. The van der Waals surface area contributed by atoms with Gasteiger partial charge in [-0.3, -0.25) is 9.88 Å². The molecule has 0 aromatic carbocycles. The van der Waals surface area contributed by atoms with Crippen LogP contribution in [0.25, 0.3) is 11.0 Å². The van der Waals surface area contributed by atoms with Crippen LogP contribution in [-0.4, -0.2) is 42.6 Å². The number of fused-ring (bicyclic) bond motifs is 5. The van der Waals surface area contributed by atoms with Gasteiger partial charge in [-0.25, -0.2) is 18.7 Å². The first kappa shape index (κ1) is 17.6. The summed E-state index contributed by atoms with van der Waals surface area (Å²) in [6.45, 7) is 1.60. The lowest BCUT2D eigenvalue weighted by Gasteiger charge is -2.30. The molecule has 1 saturated heterocycles. The molecule has 1 fully saturated rings. The molecule has 6 nitrogen and oxygen atoms in total. The van der Waals surface area contributed by atoms with E-state index >= 15 is 0 Å². The standard InChI is InChI=1S/C20H21F2N5O/c21-8-18-24-10-16-20(25-18)19-14-2-1-6-26(14)7-5-15(19)27(16)11-17(28)13-4-3-12(22)9-23-13/h3-4,9-10,14,17,28H,1-2,5-8,11H2. The van der Waals surface area contributed by atoms with Crippen LogP contribution < -0.4 is 0 Å². The number of aromatic nitrogens is 4. The number of aliphatic hydroxyl groups excluding tert-OH is 1. The molecule has 2 aliphatic rings. The summed E-state index contributed by atoms with van der Waals surface area (Å²) >= 11 is 0. The van der Waals surface area contributed by atoms with Gasteiger partial charge in [0.15, 0.2) is 5.82 Å². The van der Waals surface area contributed by atoms with E-state index in [-0.39, 0.29) is 18.4 Å². The third kappa shape index (κ3) is 2.79. The highest BCUT2D eigenvalue weighted by Gasteiger charge is 2.36. The van der Waals surface area contributed by atoms with Crippen LogP contribution in [0.2, 0.25) is 0 Å². The molecule has 2 aliphatic heterocycles. The first-order chi connectivity index (χ1) is 13.7. The molecule has 0 amide bonds. The maximum Gasteiger partial charge on any atom is 0.160 e. The van der Waals surface area contributed by atoms with Gasteiger partial charge in [-0.05, 0) is 31.5 Å². The van der Waals surface area contributed by atoms with Crippen LogP contribution in [-0.2, 0) is 19.6 Å². The highest BCUT2D eigenvalue weighted by Crippen LogP contribution is 2.42. The van der Waals surface area contributed by atoms with Crippen molar-refractivity contribution in [2.75, 3.05) is 13.1 Å². The maximum atomic E-state index is 13.2. The van der Waals surface area contributed by atoms with Crippen molar-refractivity contribution in [1.82, 2.24) is 24.4 Å². The number of hydrogen-bond donors (Lipinski definition) is 1. The predicted octanol–water partition coefficient (Wildman–Crippen LogP) is 2.86. The smallest absolute Gasteiger partial charge is 0.160 e. The molecule has 0 bridgehead atoms. The molecular weight excluding hydrogens is 364 g/mol. The Morgan fingerprint density at radius 2 is 2.11 bits per heavy atom. The molecule has 2 unspecified atom stereocenters. The van der Waals surface area contributed by atoms with E-state index in [0.29, 0.717) is 5.69 Å². The Labute approximate surface area is 160 Å². The van der Waals surface area contributed by atoms with Gasteiger partial charge in [0, 0.05) is 30.3 Å². The zero-order chi connectivity index (χ0) is 19.3. The molecule has 5 rings (SSSR count). The minimum atomic E-state index is -0.886. The normalized spacial score (nSPS) is 20.3. The summed E-state index contributed by atoms with van der Waals surface area (Å²) in [6.07, 6.45) is 4.91. The minimum Gasteiger partial charge on any atom is -0.385 e. The minimum absolute atomic E-state index is 0.184. The molecule has 0 aliphatic carbocycles. The summed E-state index contributed by atoms with van der Waals surface area (Å²) in [6, 6.07) is 3.08. The Balaban J connectivity index is 1.61. The molecular formula is C20H21F2N5O. The maximum absolute atomic E-state index is 13.2. The van der Waals surface area contributed by atoms with E-state index in [1.807, 2.05) is 4.57 Å². The average molecular weight is 385 g/mol. The monoisotopic (exact) mass is 385 g/mol. The van der Waals surface area contributed by atoms with Crippen LogP contribution in [0.4, 0.5) is 8.78 Å². The Hall–Kier alpha value is -2.45. The fourth-order valence-electron chi connectivity index (χ4n) is 4.65. The van der Waals surface area contributed by atoms with E-state index in [4.69, 9.17) is 0 Å². The van der Waals surface area contributed by atoms with E-state index in [0.717, 1.165) is 60.8 Å². The van der Waals surface area contributed by atoms with Gasteiger partial charge in [0.25, 0.3) is 0 Å². The van der Waals surface area contributed by atoms with Crippen LogP contribution in [0.1, 0.15) is 47.8 Å². The summed E-state index contributed by atoms with van der Waals surface area (Å²) in [5.74, 6) is -0.253. The molecule has 146 valence electrons. The molecule has 28 heavy (non-hydrogen) atoms. The van der Waals surface area contributed by atoms with E-state index in [9.17, 15) is 13.9 Å². The highest BCUT2D eigenvalue weighted by molar-refractivity contribution is 5.82. The third-order valence-electron chi connectivity index (χ3n) is 5.90. The number of rotatable bonds is 4. The zero-order valence-corrected chi connectivity index (χ0v) is 15.4. The zero-order valence-electron chi connectivity index (χ0n) is 15.4. The number of halogens is 2. The lowest BCUT2D eigenvalue weighted by Crippen LogP contribution is -2.31. The van der Waals surface area contributed by atoms with E-state index in [1.165, 1.54) is 12.1 Å². The lowest BCUT2D eigenvalue weighted by molar-refractivity contribution is 0.150. The van der Waals surface area contributed by atoms with Crippen molar-refractivity contribution in [3.8, 4) is 0 Å². The van der Waals surface area contributed by atoms with Gasteiger partial charge in [0.2, 0.25) is 0 Å². The van der Waals surface area contributed by atoms with Gasteiger partial charge < -0.3 is 9.67 Å². The molecule has 8 heteroatoms. The van der Waals surface area contributed by atoms with Gasteiger partial charge in [-0.15, -0.1) is 0 Å². The van der Waals surface area contributed by atoms with E-state index < -0.39 is 18.6 Å². The Kier molecular flexibility index (Phi) is 4.32. The van der Waals surface area contributed by atoms with Crippen LogP contribution in [0.15, 0.2) is 24.5 Å². The van der Waals surface area contributed by atoms with Crippen molar-refractivity contribution in [3.05, 3.63) is 53.1 Å². The van der Waals surface area contributed by atoms with Crippen molar-refractivity contribution in [2.45, 2.75) is 44.6 Å². The fraction of sp³-hybridized carbons (Fsp3) is 0.450. The Morgan fingerprint density at radius 1 is 1.21 bits per heavy atom.